The van der Waals surface area contributed by atoms with E-state index in [4.69, 9.17) is 0 Å². The van der Waals surface area contributed by atoms with Crippen LogP contribution in [0.1, 0.15) is 53.4 Å². The number of carbonyl (C=O) groups excluding carboxylic acids is 1. The molecule has 0 aliphatic heterocycles. The summed E-state index contributed by atoms with van der Waals surface area (Å²) in [7, 11) is -1.15. The first-order valence-electron chi connectivity index (χ1n) is 8.38. The molecule has 26 heavy (non-hydrogen) atoms. The van der Waals surface area contributed by atoms with Crippen molar-refractivity contribution < 1.29 is 22.2 Å². The molecule has 0 saturated carbocycles. The maximum absolute atomic E-state index is 12.3. The van der Waals surface area contributed by atoms with Gasteiger partial charge < -0.3 is 5.32 Å². The lowest BCUT2D eigenvalue weighted by atomic mass is 10.1. The Kier molecular flexibility index (Phi) is 10.7. The molecule has 1 atom stereocenters. The van der Waals surface area contributed by atoms with Crippen LogP contribution in [-0.2, 0) is 15.8 Å². The minimum absolute atomic E-state index is 0.227. The first-order valence-corrected chi connectivity index (χ1v) is 9.53. The van der Waals surface area contributed by atoms with Crippen LogP contribution in [0.3, 0.4) is 0 Å². The summed E-state index contributed by atoms with van der Waals surface area (Å²) in [6.45, 7) is 11.1. The van der Waals surface area contributed by atoms with E-state index < -0.39 is 23.6 Å². The van der Waals surface area contributed by atoms with Gasteiger partial charge in [-0.3, -0.25) is 4.79 Å². The average molecular weight is 395 g/mol. The average Bonchev–Trinajstić information content (AvgIpc) is 2.50. The molecule has 0 radical (unpaired) electrons. The standard InChI is InChI=1S/C18H29F3N2O2S/c1-6-9-15(14(2)11-12-18(19,20)21)23-16(24)10-7-8-13-22-26(25)17(3,4)5/h6,9,11,22H,1,7-8,10,12-13H2,2-5H3,(H,23,24)/b14-11-,15-9+. The van der Waals surface area contributed by atoms with Gasteiger partial charge >= 0.3 is 6.18 Å². The third-order valence-corrected chi connectivity index (χ3v) is 4.82. The lowest BCUT2D eigenvalue weighted by molar-refractivity contribution is -0.125. The van der Waals surface area contributed by atoms with Gasteiger partial charge in [-0.05, 0) is 52.2 Å². The molecule has 0 bridgehead atoms. The largest absolute Gasteiger partial charge is 0.392 e. The Bertz CT molecular complexity index is 562. The monoisotopic (exact) mass is 394 g/mol. The van der Waals surface area contributed by atoms with Crippen molar-refractivity contribution in [2.24, 2.45) is 0 Å². The fourth-order valence-corrected chi connectivity index (χ4v) is 2.54. The van der Waals surface area contributed by atoms with Crippen LogP contribution in [0.25, 0.3) is 0 Å². The van der Waals surface area contributed by atoms with Crippen molar-refractivity contribution in [2.75, 3.05) is 6.54 Å². The molecule has 1 amide bonds. The molecule has 0 heterocycles. The lowest BCUT2D eigenvalue weighted by Gasteiger charge is -2.18. The summed E-state index contributed by atoms with van der Waals surface area (Å²) >= 11 is 0. The van der Waals surface area contributed by atoms with Crippen molar-refractivity contribution in [3.63, 3.8) is 0 Å². The highest BCUT2D eigenvalue weighted by atomic mass is 32.2. The quantitative estimate of drug-likeness (QED) is 0.429. The highest BCUT2D eigenvalue weighted by molar-refractivity contribution is 7.84. The molecule has 8 heteroatoms. The summed E-state index contributed by atoms with van der Waals surface area (Å²) in [5.74, 6) is -0.283. The number of halogens is 3. The van der Waals surface area contributed by atoms with Crippen LogP contribution in [0.15, 0.2) is 36.1 Å². The third kappa shape index (κ3) is 12.0. The van der Waals surface area contributed by atoms with Crippen LogP contribution < -0.4 is 10.0 Å². The highest BCUT2D eigenvalue weighted by Crippen LogP contribution is 2.22. The summed E-state index contributed by atoms with van der Waals surface area (Å²) in [5.41, 5.74) is 0.638. The van der Waals surface area contributed by atoms with E-state index in [1.165, 1.54) is 19.1 Å². The normalized spacial score (nSPS) is 14.9. The summed E-state index contributed by atoms with van der Waals surface area (Å²) in [4.78, 5) is 12.0. The molecule has 0 aromatic carbocycles. The first-order chi connectivity index (χ1) is 11.9. The second-order valence-corrected chi connectivity index (χ2v) is 8.85. The zero-order valence-corrected chi connectivity index (χ0v) is 16.6. The van der Waals surface area contributed by atoms with Crippen molar-refractivity contribution in [1.29, 1.82) is 0 Å². The van der Waals surface area contributed by atoms with Crippen molar-refractivity contribution in [3.05, 3.63) is 36.1 Å². The summed E-state index contributed by atoms with van der Waals surface area (Å²) in [5, 5.41) is 2.61. The van der Waals surface area contributed by atoms with E-state index in [0.717, 1.165) is 6.08 Å². The van der Waals surface area contributed by atoms with Gasteiger partial charge in [0.25, 0.3) is 0 Å². The Hall–Kier alpha value is -1.41. The van der Waals surface area contributed by atoms with Crippen molar-refractivity contribution in [2.45, 2.75) is 64.3 Å². The molecule has 0 aliphatic rings. The molecule has 4 nitrogen and oxygen atoms in total. The van der Waals surface area contributed by atoms with Crippen LogP contribution in [-0.4, -0.2) is 27.6 Å². The Morgan fingerprint density at radius 1 is 1.19 bits per heavy atom. The van der Waals surface area contributed by atoms with E-state index >= 15 is 0 Å². The number of amides is 1. The van der Waals surface area contributed by atoms with E-state index in [1.54, 1.807) is 0 Å². The molecule has 0 aliphatic carbocycles. The van der Waals surface area contributed by atoms with Crippen molar-refractivity contribution in [3.8, 4) is 0 Å². The molecular weight excluding hydrogens is 365 g/mol. The van der Waals surface area contributed by atoms with Gasteiger partial charge in [-0.15, -0.1) is 0 Å². The number of allylic oxidation sites excluding steroid dienone is 4. The maximum atomic E-state index is 12.3. The summed E-state index contributed by atoms with van der Waals surface area (Å²) in [6.07, 6.45) is 0.0304. The minimum Gasteiger partial charge on any atom is -0.326 e. The van der Waals surface area contributed by atoms with Gasteiger partial charge in [0.05, 0.1) is 22.2 Å². The smallest absolute Gasteiger partial charge is 0.326 e. The van der Waals surface area contributed by atoms with Gasteiger partial charge in [0.2, 0.25) is 5.91 Å². The van der Waals surface area contributed by atoms with E-state index in [0.29, 0.717) is 30.7 Å². The van der Waals surface area contributed by atoms with E-state index in [1.807, 2.05) is 20.8 Å². The molecule has 0 aromatic heterocycles. The van der Waals surface area contributed by atoms with Crippen LogP contribution in [0, 0.1) is 0 Å². The second kappa shape index (κ2) is 11.3. The Balaban J connectivity index is 4.39. The Morgan fingerprint density at radius 2 is 1.81 bits per heavy atom. The molecular formula is C18H29F3N2O2S. The van der Waals surface area contributed by atoms with Gasteiger partial charge in [-0.25, -0.2) is 8.93 Å². The number of nitrogens with one attached hydrogen (secondary N) is 2. The second-order valence-electron chi connectivity index (χ2n) is 6.80. The number of carbonyl (C=O) groups is 1. The predicted octanol–water partition coefficient (Wildman–Crippen LogP) is 4.29. The number of hydrogen-bond acceptors (Lipinski definition) is 2. The zero-order valence-electron chi connectivity index (χ0n) is 15.8. The molecule has 0 spiro atoms. The molecule has 2 N–H and O–H groups in total. The van der Waals surface area contributed by atoms with Crippen LogP contribution >= 0.6 is 0 Å². The predicted molar refractivity (Wildman–Crippen MR) is 101 cm³/mol. The SMILES string of the molecule is C=C/C=C(NC(=O)CCCCNS(=O)C(C)(C)C)\C(C)=C/CC(F)(F)F. The van der Waals surface area contributed by atoms with Crippen LogP contribution in [0.2, 0.25) is 0 Å². The molecule has 0 aromatic rings. The number of rotatable bonds is 10. The van der Waals surface area contributed by atoms with Crippen LogP contribution in [0.4, 0.5) is 13.2 Å². The van der Waals surface area contributed by atoms with E-state index in [9.17, 15) is 22.2 Å². The molecule has 0 saturated heterocycles. The first kappa shape index (κ1) is 24.6. The van der Waals surface area contributed by atoms with Gasteiger partial charge in [0.1, 0.15) is 0 Å². The van der Waals surface area contributed by atoms with Crippen LogP contribution in [0.5, 0.6) is 0 Å². The fourth-order valence-electron chi connectivity index (χ4n) is 1.77. The molecule has 1 unspecified atom stereocenters. The minimum atomic E-state index is -4.29. The lowest BCUT2D eigenvalue weighted by Crippen LogP contribution is -2.33. The van der Waals surface area contributed by atoms with Gasteiger partial charge in [-0.2, -0.15) is 13.2 Å². The topological polar surface area (TPSA) is 58.2 Å². The zero-order chi connectivity index (χ0) is 20.4. The number of hydrogen-bond donors (Lipinski definition) is 2. The fraction of sp³-hybridized carbons (Fsp3) is 0.611. The molecule has 150 valence electrons. The number of unbranched alkanes of at least 4 members (excludes halogenated alkanes) is 1. The summed E-state index contributed by atoms with van der Waals surface area (Å²) < 4.78 is 51.3. The van der Waals surface area contributed by atoms with Crippen molar-refractivity contribution >= 4 is 16.9 Å². The Morgan fingerprint density at radius 3 is 2.31 bits per heavy atom. The summed E-state index contributed by atoms with van der Waals surface area (Å²) in [6, 6.07) is 0. The third-order valence-electron chi connectivity index (χ3n) is 3.24. The molecule has 0 rings (SSSR count). The van der Waals surface area contributed by atoms with Gasteiger partial charge in [0, 0.05) is 18.7 Å². The maximum Gasteiger partial charge on any atom is 0.392 e. The highest BCUT2D eigenvalue weighted by Gasteiger charge is 2.25. The van der Waals surface area contributed by atoms with E-state index in [-0.39, 0.29) is 17.1 Å². The number of alkyl halides is 3. The Labute approximate surface area is 156 Å². The van der Waals surface area contributed by atoms with Crippen molar-refractivity contribution in [1.82, 2.24) is 10.0 Å². The molecule has 0 fully saturated rings. The van der Waals surface area contributed by atoms with E-state index in [2.05, 4.69) is 16.6 Å². The van der Waals surface area contributed by atoms with Gasteiger partial charge in [0.15, 0.2) is 0 Å². The van der Waals surface area contributed by atoms with Gasteiger partial charge in [-0.1, -0.05) is 18.7 Å².